The Kier molecular flexibility index (Phi) is 12.6. The van der Waals surface area contributed by atoms with Gasteiger partial charge in [-0.25, -0.2) is 0 Å². The number of ether oxygens (including phenoxy) is 1. The minimum atomic E-state index is -0.130. The number of hydrogen-bond acceptors (Lipinski definition) is 4. The van der Waals surface area contributed by atoms with Crippen molar-refractivity contribution in [2.45, 2.75) is 47.2 Å². The van der Waals surface area contributed by atoms with Gasteiger partial charge in [0, 0.05) is 19.5 Å². The van der Waals surface area contributed by atoms with Crippen molar-refractivity contribution in [3.05, 3.63) is 77.1 Å². The number of amides is 2. The number of carbonyl (C=O) groups is 2. The van der Waals surface area contributed by atoms with Crippen LogP contribution in [0.1, 0.15) is 36.1 Å². The first-order valence-electron chi connectivity index (χ1n) is 12.2. The van der Waals surface area contributed by atoms with Crippen molar-refractivity contribution in [3.63, 3.8) is 0 Å². The highest BCUT2D eigenvalue weighted by Gasteiger charge is 2.20. The number of aromatic nitrogens is 2. The zero-order valence-corrected chi connectivity index (χ0v) is 23.7. The molecule has 7 nitrogen and oxygen atoms in total. The molecule has 0 N–H and O–H groups in total. The molecule has 0 saturated heterocycles. The Balaban J connectivity index is 0.000000261. The maximum absolute atomic E-state index is 12.1. The Bertz CT molecular complexity index is 1110. The number of nitrogens with zero attached hydrogens (tertiary/aromatic N) is 4. The predicted octanol–water partition coefficient (Wildman–Crippen LogP) is 5.72. The van der Waals surface area contributed by atoms with Crippen LogP contribution in [0.25, 0.3) is 0 Å². The van der Waals surface area contributed by atoms with Gasteiger partial charge in [0.05, 0.1) is 11.4 Å². The van der Waals surface area contributed by atoms with Gasteiger partial charge in [0.2, 0.25) is 11.8 Å². The van der Waals surface area contributed by atoms with Crippen LogP contribution in [-0.2, 0) is 33.8 Å². The molecule has 0 aliphatic carbocycles. The zero-order chi connectivity index (χ0) is 27.4. The third-order valence-electron chi connectivity index (χ3n) is 5.88. The molecule has 2 aromatic carbocycles. The standard InChI is InChI=1S/C14H16ClN3O.C14H20ClNO2/c1-11-5-3-6-12(2)14(11)18(13(19)9-15)10-17-8-4-7-16-17;1-4-11-7-6-8-12(5-2)14(11)16(10-18-3)13(17)9-15/h3-8H,9-10H2,1-2H3;6-8H,4-5,9-10H2,1-3H3. The van der Waals surface area contributed by atoms with Gasteiger partial charge in [0.15, 0.2) is 0 Å². The van der Waals surface area contributed by atoms with E-state index >= 15 is 0 Å². The third kappa shape index (κ3) is 8.06. The molecule has 0 bridgehead atoms. The van der Waals surface area contributed by atoms with Crippen molar-refractivity contribution in [2.75, 3.05) is 35.4 Å². The second kappa shape index (κ2) is 15.4. The molecule has 0 atom stereocenters. The number of alkyl halides is 2. The van der Waals surface area contributed by atoms with Crippen molar-refractivity contribution >= 4 is 46.4 Å². The molecule has 1 heterocycles. The molecule has 2 amide bonds. The molecule has 0 spiro atoms. The van der Waals surface area contributed by atoms with Crippen molar-refractivity contribution < 1.29 is 14.3 Å². The van der Waals surface area contributed by atoms with Crippen molar-refractivity contribution in [1.82, 2.24) is 9.78 Å². The third-order valence-corrected chi connectivity index (χ3v) is 6.34. The first-order valence-corrected chi connectivity index (χ1v) is 13.3. The Morgan fingerprint density at radius 2 is 1.41 bits per heavy atom. The summed E-state index contributed by atoms with van der Waals surface area (Å²) in [4.78, 5) is 27.3. The highest BCUT2D eigenvalue weighted by Crippen LogP contribution is 2.28. The van der Waals surface area contributed by atoms with E-state index in [0.29, 0.717) is 6.67 Å². The molecule has 0 saturated carbocycles. The molecule has 3 aromatic rings. The maximum Gasteiger partial charge on any atom is 0.243 e. The summed E-state index contributed by atoms with van der Waals surface area (Å²) in [6.45, 7) is 8.72. The maximum atomic E-state index is 12.1. The van der Waals surface area contributed by atoms with Gasteiger partial charge in [-0.3, -0.25) is 24.1 Å². The molecule has 0 aliphatic heterocycles. The number of anilines is 2. The van der Waals surface area contributed by atoms with Gasteiger partial charge in [0.25, 0.3) is 0 Å². The zero-order valence-electron chi connectivity index (χ0n) is 22.2. The summed E-state index contributed by atoms with van der Waals surface area (Å²) in [5.74, 6) is -0.344. The van der Waals surface area contributed by atoms with E-state index in [9.17, 15) is 9.59 Å². The first kappa shape index (κ1) is 30.4. The monoisotopic (exact) mass is 546 g/mol. The molecule has 0 fully saturated rings. The van der Waals surface area contributed by atoms with Crippen LogP contribution < -0.4 is 9.80 Å². The average Bonchev–Trinajstić information content (AvgIpc) is 3.43. The fraction of sp³-hybridized carbons (Fsp3) is 0.393. The van der Waals surface area contributed by atoms with Gasteiger partial charge < -0.3 is 4.74 Å². The second-order valence-corrected chi connectivity index (χ2v) is 8.92. The second-order valence-electron chi connectivity index (χ2n) is 8.39. The largest absolute Gasteiger partial charge is 0.364 e. The fourth-order valence-electron chi connectivity index (χ4n) is 4.13. The summed E-state index contributed by atoms with van der Waals surface area (Å²) in [6, 6.07) is 13.9. The van der Waals surface area contributed by atoms with E-state index in [2.05, 4.69) is 18.9 Å². The Morgan fingerprint density at radius 1 is 0.865 bits per heavy atom. The number of methoxy groups -OCH3 is 1. The number of halogens is 2. The van der Waals surface area contributed by atoms with Crippen molar-refractivity contribution in [2.24, 2.45) is 0 Å². The molecule has 37 heavy (non-hydrogen) atoms. The summed E-state index contributed by atoms with van der Waals surface area (Å²) in [6.07, 6.45) is 5.26. The van der Waals surface area contributed by atoms with Crippen LogP contribution >= 0.6 is 23.2 Å². The van der Waals surface area contributed by atoms with E-state index in [1.807, 2.05) is 62.5 Å². The van der Waals surface area contributed by atoms with Crippen LogP contribution in [0.15, 0.2) is 54.9 Å². The minimum absolute atomic E-state index is 0.0371. The summed E-state index contributed by atoms with van der Waals surface area (Å²) >= 11 is 11.4. The normalized spacial score (nSPS) is 10.5. The van der Waals surface area contributed by atoms with E-state index in [0.717, 1.165) is 46.5 Å². The lowest BCUT2D eigenvalue weighted by Crippen LogP contribution is -2.35. The lowest BCUT2D eigenvalue weighted by atomic mass is 10.0. The Morgan fingerprint density at radius 3 is 1.86 bits per heavy atom. The molecule has 0 aliphatic rings. The van der Waals surface area contributed by atoms with Crippen LogP contribution in [0.4, 0.5) is 11.4 Å². The van der Waals surface area contributed by atoms with Crippen LogP contribution in [0.3, 0.4) is 0 Å². The Labute approximate surface area is 229 Å². The molecule has 200 valence electrons. The molecular formula is C28H36Cl2N4O3. The SMILES string of the molecule is CCc1cccc(CC)c1N(COC)C(=O)CCl.Cc1cccc(C)c1N(Cn1cccn1)C(=O)CCl. The van der Waals surface area contributed by atoms with Gasteiger partial charge in [-0.1, -0.05) is 50.2 Å². The highest BCUT2D eigenvalue weighted by molar-refractivity contribution is 6.29. The lowest BCUT2D eigenvalue weighted by Gasteiger charge is -2.26. The first-order chi connectivity index (χ1) is 17.8. The van der Waals surface area contributed by atoms with Crippen LogP contribution in [0.2, 0.25) is 0 Å². The van der Waals surface area contributed by atoms with Crippen LogP contribution in [-0.4, -0.2) is 47.2 Å². The quantitative estimate of drug-likeness (QED) is 0.241. The van der Waals surface area contributed by atoms with Crippen LogP contribution in [0.5, 0.6) is 0 Å². The summed E-state index contributed by atoms with van der Waals surface area (Å²) < 4.78 is 6.83. The number of hydrogen-bond donors (Lipinski definition) is 0. The van der Waals surface area contributed by atoms with Gasteiger partial charge >= 0.3 is 0 Å². The van der Waals surface area contributed by atoms with Crippen LogP contribution in [0, 0.1) is 13.8 Å². The number of aryl methyl sites for hydroxylation is 4. The Hall–Kier alpha value is -2.87. The predicted molar refractivity (Wildman–Crippen MR) is 152 cm³/mol. The van der Waals surface area contributed by atoms with Gasteiger partial charge in [-0.15, -0.1) is 23.2 Å². The smallest absolute Gasteiger partial charge is 0.243 e. The molecule has 9 heteroatoms. The topological polar surface area (TPSA) is 67.7 Å². The van der Waals surface area contributed by atoms with Gasteiger partial charge in [-0.05, 0) is 55.0 Å². The fourth-order valence-corrected chi connectivity index (χ4v) is 4.42. The van der Waals surface area contributed by atoms with Gasteiger partial charge in [0.1, 0.15) is 25.2 Å². The molecule has 0 unspecified atom stereocenters. The van der Waals surface area contributed by atoms with E-state index in [-0.39, 0.29) is 30.3 Å². The van der Waals surface area contributed by atoms with E-state index in [1.54, 1.807) is 27.8 Å². The molecule has 3 rings (SSSR count). The summed E-state index contributed by atoms with van der Waals surface area (Å²) in [5.41, 5.74) is 6.24. The molecule has 0 radical (unpaired) electrons. The van der Waals surface area contributed by atoms with Crippen molar-refractivity contribution in [1.29, 1.82) is 0 Å². The van der Waals surface area contributed by atoms with Crippen molar-refractivity contribution in [3.8, 4) is 0 Å². The molecule has 1 aromatic heterocycles. The van der Waals surface area contributed by atoms with E-state index < -0.39 is 0 Å². The van der Waals surface area contributed by atoms with Gasteiger partial charge in [-0.2, -0.15) is 5.10 Å². The number of para-hydroxylation sites is 2. The lowest BCUT2D eigenvalue weighted by molar-refractivity contribution is -0.117. The number of rotatable bonds is 10. The average molecular weight is 548 g/mol. The summed E-state index contributed by atoms with van der Waals surface area (Å²) in [7, 11) is 1.58. The molecular weight excluding hydrogens is 511 g/mol. The minimum Gasteiger partial charge on any atom is -0.364 e. The highest BCUT2D eigenvalue weighted by atomic mass is 35.5. The number of benzene rings is 2. The van der Waals surface area contributed by atoms with E-state index in [1.165, 1.54) is 0 Å². The number of carbonyl (C=O) groups excluding carboxylic acids is 2. The summed E-state index contributed by atoms with van der Waals surface area (Å²) in [5, 5.41) is 4.14. The van der Waals surface area contributed by atoms with E-state index in [4.69, 9.17) is 27.9 Å².